The summed E-state index contributed by atoms with van der Waals surface area (Å²) in [5, 5.41) is 7.25. The molecule has 3 aromatic carbocycles. The van der Waals surface area contributed by atoms with Gasteiger partial charge in [0.2, 0.25) is 0 Å². The molecule has 7 nitrogen and oxygen atoms in total. The number of aryl methyl sites for hydroxylation is 1. The van der Waals surface area contributed by atoms with E-state index < -0.39 is 0 Å². The van der Waals surface area contributed by atoms with Crippen molar-refractivity contribution in [2.45, 2.75) is 23.1 Å². The molecule has 0 atom stereocenters. The quantitative estimate of drug-likeness (QED) is 0.179. The van der Waals surface area contributed by atoms with E-state index >= 15 is 0 Å². The van der Waals surface area contributed by atoms with E-state index in [2.05, 4.69) is 48.4 Å². The Kier molecular flexibility index (Phi) is 7.34. The topological polar surface area (TPSA) is 106 Å². The van der Waals surface area contributed by atoms with Crippen molar-refractivity contribution >= 4 is 67.5 Å². The Hall–Kier alpha value is -3.95. The second-order valence-corrected chi connectivity index (χ2v) is 10.2. The first-order chi connectivity index (χ1) is 18.0. The smallest absolute Gasteiger partial charge is 0.255 e. The molecule has 0 bridgehead atoms. The van der Waals surface area contributed by atoms with E-state index in [0.717, 1.165) is 37.5 Å². The van der Waals surface area contributed by atoms with Gasteiger partial charge in [-0.25, -0.2) is 15.0 Å². The maximum atomic E-state index is 12.8. The van der Waals surface area contributed by atoms with Gasteiger partial charge in [-0.3, -0.25) is 4.79 Å². The van der Waals surface area contributed by atoms with Crippen LogP contribution in [-0.2, 0) is 6.42 Å². The number of rotatable bonds is 7. The molecule has 0 unspecified atom stereocenters. The summed E-state index contributed by atoms with van der Waals surface area (Å²) in [7, 11) is 0. The fraction of sp³-hybridized carbons (Fsp3) is 0.0714. The predicted molar refractivity (Wildman–Crippen MR) is 154 cm³/mol. The molecular weight excluding hydrogens is 548 g/mol. The molecule has 9 heteroatoms. The molecule has 0 aliphatic heterocycles. The number of nitrogens with zero attached hydrogens (tertiary/aromatic N) is 3. The Morgan fingerprint density at radius 2 is 1.76 bits per heavy atom. The Balaban J connectivity index is 1.50. The van der Waals surface area contributed by atoms with Gasteiger partial charge in [-0.15, -0.1) is 0 Å². The van der Waals surface area contributed by atoms with Crippen molar-refractivity contribution in [3.63, 3.8) is 0 Å². The van der Waals surface area contributed by atoms with Crippen molar-refractivity contribution in [1.82, 2.24) is 15.0 Å². The molecule has 0 fully saturated rings. The molecular formula is C28H23BrN6OS. The van der Waals surface area contributed by atoms with Crippen molar-refractivity contribution in [2.75, 3.05) is 16.4 Å². The average Bonchev–Trinajstić information content (AvgIpc) is 2.91. The van der Waals surface area contributed by atoms with Crippen LogP contribution < -0.4 is 16.4 Å². The molecule has 5 rings (SSSR count). The van der Waals surface area contributed by atoms with E-state index in [1.165, 1.54) is 6.33 Å². The van der Waals surface area contributed by atoms with Crippen molar-refractivity contribution < 1.29 is 4.79 Å². The van der Waals surface area contributed by atoms with E-state index in [1.807, 2.05) is 66.7 Å². The summed E-state index contributed by atoms with van der Waals surface area (Å²) < 4.78 is 0.914. The van der Waals surface area contributed by atoms with Crippen LogP contribution in [0.5, 0.6) is 0 Å². The number of hydrogen-bond donors (Lipinski definition) is 3. The molecule has 0 spiro atoms. The van der Waals surface area contributed by atoms with E-state index in [4.69, 9.17) is 5.73 Å². The van der Waals surface area contributed by atoms with Gasteiger partial charge in [0.15, 0.2) is 5.65 Å². The zero-order valence-corrected chi connectivity index (χ0v) is 22.3. The average molecular weight is 572 g/mol. The van der Waals surface area contributed by atoms with Crippen LogP contribution in [0.3, 0.4) is 0 Å². The zero-order valence-electron chi connectivity index (χ0n) is 19.9. The lowest BCUT2D eigenvalue weighted by molar-refractivity contribution is 0.102. The molecule has 1 amide bonds. The van der Waals surface area contributed by atoms with E-state index in [1.54, 1.807) is 23.9 Å². The van der Waals surface area contributed by atoms with Crippen LogP contribution in [0, 0.1) is 0 Å². The summed E-state index contributed by atoms with van der Waals surface area (Å²) in [4.78, 5) is 28.3. The highest BCUT2D eigenvalue weighted by Gasteiger charge is 2.13. The minimum absolute atomic E-state index is 0.193. The number of pyridine rings is 1. The van der Waals surface area contributed by atoms with Crippen LogP contribution >= 0.6 is 27.7 Å². The Morgan fingerprint density at radius 3 is 2.51 bits per heavy atom. The SMILES string of the molecule is CCc1ccc2c(Nc3cc(NC(=O)c4ccc(Br)cc4)ccc3Sc3ccc(N)cc3)ncnc2n1. The Bertz CT molecular complexity index is 1580. The second kappa shape index (κ2) is 11.0. The summed E-state index contributed by atoms with van der Waals surface area (Å²) >= 11 is 4.99. The van der Waals surface area contributed by atoms with E-state index in [-0.39, 0.29) is 5.91 Å². The number of nitrogen functional groups attached to an aromatic ring is 1. The zero-order chi connectivity index (χ0) is 25.8. The first-order valence-electron chi connectivity index (χ1n) is 11.6. The number of benzene rings is 3. The molecule has 0 aliphatic rings. The highest BCUT2D eigenvalue weighted by Crippen LogP contribution is 2.37. The molecule has 0 aliphatic carbocycles. The minimum atomic E-state index is -0.193. The summed E-state index contributed by atoms with van der Waals surface area (Å²) in [6.45, 7) is 2.06. The van der Waals surface area contributed by atoms with Gasteiger partial charge >= 0.3 is 0 Å². The van der Waals surface area contributed by atoms with Gasteiger partial charge in [-0.2, -0.15) is 0 Å². The van der Waals surface area contributed by atoms with Gasteiger partial charge < -0.3 is 16.4 Å². The third-order valence-electron chi connectivity index (χ3n) is 5.62. The highest BCUT2D eigenvalue weighted by atomic mass is 79.9. The standard InChI is InChI=1S/C28H23BrN6OS/c1-2-20-9-13-23-26(33-20)31-16-32-27(23)35-24-15-21(34-28(36)17-3-5-18(29)6-4-17)10-14-25(24)37-22-11-7-19(30)8-12-22/h3-16H,2,30H2,1H3,(H,34,36)(H,31,32,33,35). The van der Waals surface area contributed by atoms with Gasteiger partial charge in [-0.1, -0.05) is 34.6 Å². The number of carbonyl (C=O) groups is 1. The fourth-order valence-electron chi connectivity index (χ4n) is 3.67. The largest absolute Gasteiger partial charge is 0.399 e. The molecule has 4 N–H and O–H groups in total. The van der Waals surface area contributed by atoms with Crippen LogP contribution in [0.4, 0.5) is 22.9 Å². The monoisotopic (exact) mass is 570 g/mol. The van der Waals surface area contributed by atoms with Crippen molar-refractivity contribution in [2.24, 2.45) is 0 Å². The number of hydrogen-bond acceptors (Lipinski definition) is 7. The molecule has 184 valence electrons. The van der Waals surface area contributed by atoms with Crippen molar-refractivity contribution in [3.05, 3.63) is 101 Å². The molecule has 0 radical (unpaired) electrons. The number of halogens is 1. The number of anilines is 4. The number of nitrogens with two attached hydrogens (primary N) is 1. The highest BCUT2D eigenvalue weighted by molar-refractivity contribution is 9.10. The van der Waals surface area contributed by atoms with Crippen molar-refractivity contribution in [3.8, 4) is 0 Å². The molecule has 2 aromatic heterocycles. The van der Waals surface area contributed by atoms with Crippen LogP contribution in [0.25, 0.3) is 11.0 Å². The summed E-state index contributed by atoms with van der Waals surface area (Å²) in [6.07, 6.45) is 2.33. The minimum Gasteiger partial charge on any atom is -0.399 e. The van der Waals surface area contributed by atoms with Crippen LogP contribution in [0.15, 0.2) is 99.5 Å². The lowest BCUT2D eigenvalue weighted by Gasteiger charge is -2.15. The maximum absolute atomic E-state index is 12.8. The summed E-state index contributed by atoms with van der Waals surface area (Å²) in [5.74, 6) is 0.442. The summed E-state index contributed by atoms with van der Waals surface area (Å²) in [5.41, 5.74) is 10.2. The third kappa shape index (κ3) is 5.90. The first kappa shape index (κ1) is 24.7. The van der Waals surface area contributed by atoms with Crippen LogP contribution in [0.2, 0.25) is 0 Å². The predicted octanol–water partition coefficient (Wildman–Crippen LogP) is 7.08. The first-order valence-corrected chi connectivity index (χ1v) is 13.2. The Labute approximate surface area is 227 Å². The normalized spacial score (nSPS) is 10.9. The number of aromatic nitrogens is 3. The number of carbonyl (C=O) groups excluding carboxylic acids is 1. The van der Waals surface area contributed by atoms with Crippen LogP contribution in [-0.4, -0.2) is 20.9 Å². The van der Waals surface area contributed by atoms with Gasteiger partial charge in [-0.05, 0) is 85.3 Å². The second-order valence-electron chi connectivity index (χ2n) is 8.22. The molecule has 37 heavy (non-hydrogen) atoms. The van der Waals surface area contributed by atoms with Crippen LogP contribution in [0.1, 0.15) is 23.0 Å². The lowest BCUT2D eigenvalue weighted by Crippen LogP contribution is -2.12. The number of amides is 1. The van der Waals surface area contributed by atoms with Gasteiger partial charge in [0.1, 0.15) is 12.1 Å². The molecule has 5 aromatic rings. The lowest BCUT2D eigenvalue weighted by atomic mass is 10.2. The molecule has 0 saturated carbocycles. The number of fused-ring (bicyclic) bond motifs is 1. The van der Waals surface area contributed by atoms with Gasteiger partial charge in [0, 0.05) is 36.9 Å². The third-order valence-corrected chi connectivity index (χ3v) is 7.23. The van der Waals surface area contributed by atoms with Crippen molar-refractivity contribution in [1.29, 1.82) is 0 Å². The van der Waals surface area contributed by atoms with Gasteiger partial charge in [0.25, 0.3) is 5.91 Å². The van der Waals surface area contributed by atoms with E-state index in [9.17, 15) is 4.79 Å². The molecule has 2 heterocycles. The van der Waals surface area contributed by atoms with E-state index in [0.29, 0.717) is 28.4 Å². The molecule has 0 saturated heterocycles. The maximum Gasteiger partial charge on any atom is 0.255 e. The van der Waals surface area contributed by atoms with Gasteiger partial charge in [0.05, 0.1) is 11.1 Å². The Morgan fingerprint density at radius 1 is 0.973 bits per heavy atom. The summed E-state index contributed by atoms with van der Waals surface area (Å²) in [6, 6.07) is 24.6. The number of nitrogens with one attached hydrogen (secondary N) is 2. The fourth-order valence-corrected chi connectivity index (χ4v) is 4.81.